The van der Waals surface area contributed by atoms with E-state index in [1.165, 1.54) is 45.3 Å². The summed E-state index contributed by atoms with van der Waals surface area (Å²) in [4.78, 5) is 56.9. The molecule has 3 rings (SSSR count). The summed E-state index contributed by atoms with van der Waals surface area (Å²) in [6.45, 7) is 7.28. The monoisotopic (exact) mass is 996 g/mol. The zero-order chi connectivity index (χ0) is 50.9. The number of halogens is 1. The van der Waals surface area contributed by atoms with Crippen LogP contribution in [-0.2, 0) is 80.5 Å². The highest BCUT2D eigenvalue weighted by atomic mass is 31.2. The van der Waals surface area contributed by atoms with Gasteiger partial charge in [0.05, 0.1) is 54.0 Å². The van der Waals surface area contributed by atoms with Gasteiger partial charge in [-0.2, -0.15) is 0 Å². The number of imidazole rings is 1. The summed E-state index contributed by atoms with van der Waals surface area (Å²) in [6, 6.07) is 1.38. The molecule has 0 amide bonds. The number of aromatic nitrogens is 3. The van der Waals surface area contributed by atoms with Gasteiger partial charge in [-0.3, -0.25) is 18.1 Å². The normalized spacial score (nSPS) is 20.3. The Morgan fingerprint density at radius 3 is 1.79 bits per heavy atom. The Morgan fingerprint density at radius 2 is 1.33 bits per heavy atom. The lowest BCUT2D eigenvalue weighted by atomic mass is 9.83. The molecule has 0 bridgehead atoms. The van der Waals surface area contributed by atoms with Crippen molar-refractivity contribution in [3.8, 4) is 0 Å². The third-order valence-corrected chi connectivity index (χ3v) is 11.3. The van der Waals surface area contributed by atoms with Crippen molar-refractivity contribution in [2.45, 2.75) is 124 Å². The second-order valence-corrected chi connectivity index (χ2v) is 18.9. The number of rotatable bonds is 27. The topological polar surface area (TPSA) is 315 Å². The van der Waals surface area contributed by atoms with Crippen LogP contribution in [0.2, 0.25) is 0 Å². The summed E-state index contributed by atoms with van der Waals surface area (Å²) in [5, 5.41) is 19.5. The molecule has 0 aromatic carbocycles. The molecule has 29 heteroatoms. The quantitative estimate of drug-likeness (QED) is 0.0360. The minimum absolute atomic E-state index is 0.0293. The molecule has 0 saturated carbocycles. The number of carbonyl (C=O) groups excluding carboxylic acids is 4. The molecule has 66 heavy (non-hydrogen) atoms. The van der Waals surface area contributed by atoms with Gasteiger partial charge < -0.3 is 62.7 Å². The summed E-state index contributed by atoms with van der Waals surface area (Å²) in [5.74, 6) is -4.81. The lowest BCUT2D eigenvalue weighted by Gasteiger charge is -2.31. The zero-order valence-corrected chi connectivity index (χ0v) is 39.6. The fourth-order valence-corrected chi connectivity index (χ4v) is 7.98. The van der Waals surface area contributed by atoms with Crippen molar-refractivity contribution in [1.82, 2.24) is 14.5 Å². The highest BCUT2D eigenvalue weighted by Crippen LogP contribution is 2.56. The molecule has 376 valence electrons. The maximum Gasteiger partial charge on any atom is 0.510 e. The summed E-state index contributed by atoms with van der Waals surface area (Å²) in [6.07, 6.45) is -9.09. The standard InChI is InChI=1S/C37H59FN4O22P2/c1-11-39-29-14-27-30(26(41-29)15-65(49,56-18-51-32(44)60-22(2)3)57-19-52-33(45)61-23(4)5)40-17-42(27)31-36(10,48)28(12-13-43)37(38,64-31)16-55-66(50,58-20-53-34(46)62-24(6)7)59-21-54-35(47)63-25(8)9/h14,17,22-25,28,31,43,48H,11-13,15-16,18-21H2,1-10H3,(H,39,41)/t28-,31+,36+,37+/m0/s1/i1T,43T. The zero-order valence-electron chi connectivity index (χ0n) is 39.8. The first-order chi connectivity index (χ1) is 31.9. The first-order valence-corrected chi connectivity index (χ1v) is 23.4. The van der Waals surface area contributed by atoms with Crippen molar-refractivity contribution >= 4 is 56.9 Å². The lowest BCUT2D eigenvalue weighted by molar-refractivity contribution is -0.195. The van der Waals surface area contributed by atoms with Crippen LogP contribution in [0.25, 0.3) is 11.0 Å². The van der Waals surface area contributed by atoms with Crippen LogP contribution in [0.5, 0.6) is 0 Å². The molecule has 26 nitrogen and oxygen atoms in total. The fourth-order valence-electron chi connectivity index (χ4n) is 5.79. The second kappa shape index (κ2) is 25.1. The van der Waals surface area contributed by atoms with Gasteiger partial charge in [-0.1, -0.05) is 0 Å². The van der Waals surface area contributed by atoms with Crippen LogP contribution in [-0.4, -0.2) is 134 Å². The van der Waals surface area contributed by atoms with E-state index in [4.69, 9.17) is 68.1 Å². The molecule has 0 spiro atoms. The Morgan fingerprint density at radius 1 is 0.848 bits per heavy atom. The van der Waals surface area contributed by atoms with Crippen molar-refractivity contribution in [2.75, 3.05) is 52.2 Å². The number of hydrogen-bond donors (Lipinski definition) is 3. The maximum atomic E-state index is 17.5. The van der Waals surface area contributed by atoms with E-state index in [0.29, 0.717) is 0 Å². The summed E-state index contributed by atoms with van der Waals surface area (Å²) < 4.78 is 132. The molecule has 0 aliphatic carbocycles. The number of pyridine rings is 1. The number of alkyl halides is 1. The molecule has 4 atom stereocenters. The number of nitrogens with one attached hydrogen (secondary N) is 1. The largest absolute Gasteiger partial charge is 0.510 e. The number of nitrogens with zero attached hydrogens (tertiary/aromatic N) is 3. The minimum atomic E-state index is -5.10. The molecular formula is C37H59FN4O22P2. The van der Waals surface area contributed by atoms with Gasteiger partial charge in [0.15, 0.2) is 6.23 Å². The highest BCUT2D eigenvalue weighted by molar-refractivity contribution is 7.53. The van der Waals surface area contributed by atoms with Gasteiger partial charge in [0.25, 0.3) is 0 Å². The molecule has 0 radical (unpaired) electrons. The van der Waals surface area contributed by atoms with E-state index in [1.54, 1.807) is 27.7 Å². The van der Waals surface area contributed by atoms with Gasteiger partial charge in [0.1, 0.15) is 23.5 Å². The Hall–Kier alpha value is -4.43. The number of aliphatic hydroxyl groups excluding tert-OH is 1. The average molecular weight is 997 g/mol. The molecule has 1 fully saturated rings. The Bertz CT molecular complexity index is 2000. The third kappa shape index (κ3) is 17.0. The van der Waals surface area contributed by atoms with Crippen LogP contribution in [0.1, 0.15) is 88.9 Å². The van der Waals surface area contributed by atoms with Crippen molar-refractivity contribution < 1.29 is 110 Å². The number of aliphatic hydroxyl groups is 2. The first-order valence-electron chi connectivity index (χ1n) is 21.3. The number of carbonyl (C=O) groups is 4. The summed E-state index contributed by atoms with van der Waals surface area (Å²) in [7, 11) is -9.67. The lowest BCUT2D eigenvalue weighted by Crippen LogP contribution is -2.44. The van der Waals surface area contributed by atoms with Gasteiger partial charge in [-0.15, -0.1) is 0 Å². The van der Waals surface area contributed by atoms with Crippen molar-refractivity contribution in [2.24, 2.45) is 5.92 Å². The molecule has 3 N–H and O–H groups in total. The maximum absolute atomic E-state index is 17.5. The molecule has 1 aliphatic rings. The van der Waals surface area contributed by atoms with Crippen LogP contribution in [0.4, 0.5) is 29.4 Å². The smallest absolute Gasteiger partial charge is 0.432 e. The van der Waals surface area contributed by atoms with E-state index in [9.17, 15) is 33.4 Å². The Labute approximate surface area is 382 Å². The minimum Gasteiger partial charge on any atom is -0.432 e. The summed E-state index contributed by atoms with van der Waals surface area (Å²) in [5.41, 5.74) is -2.47. The van der Waals surface area contributed by atoms with E-state index in [-0.39, 0.29) is 36.0 Å². The van der Waals surface area contributed by atoms with Crippen LogP contribution in [0.3, 0.4) is 0 Å². The van der Waals surface area contributed by atoms with E-state index in [1.807, 2.05) is 0 Å². The fraction of sp³-hybridized carbons (Fsp3) is 0.730. The van der Waals surface area contributed by atoms with E-state index in [0.717, 1.165) is 6.33 Å². The number of phosphoric ester groups is 1. The average Bonchev–Trinajstić information content (AvgIpc) is 3.72. The van der Waals surface area contributed by atoms with Crippen LogP contribution in [0.15, 0.2) is 12.4 Å². The van der Waals surface area contributed by atoms with Crippen LogP contribution < -0.4 is 5.32 Å². The molecular weight excluding hydrogens is 933 g/mol. The molecule has 1 saturated heterocycles. The number of fused-ring (bicyclic) bond motifs is 1. The molecule has 1 aliphatic heterocycles. The van der Waals surface area contributed by atoms with E-state index < -0.39 is 141 Å². The van der Waals surface area contributed by atoms with E-state index >= 15 is 4.39 Å². The first kappa shape index (κ1) is 52.5. The van der Waals surface area contributed by atoms with Gasteiger partial charge in [-0.25, -0.2) is 47.1 Å². The number of hydrogen-bond acceptors (Lipinski definition) is 25. The van der Waals surface area contributed by atoms with Gasteiger partial charge in [-0.05, 0) is 75.6 Å². The SMILES string of the molecule is [3H]CCNc1cc2c(ncn2[C@@H]2O[C@](F)(COP(=O)(OCOC(=O)OC(C)C)OCOC(=O)OC(C)C)[C@@H](CCO[3H])[C@@]2(C)O)c(CP(=O)(OCOC(=O)OC(C)C)OCOC(=O)OC(C)C)n1. The van der Waals surface area contributed by atoms with Crippen LogP contribution >= 0.6 is 15.4 Å². The third-order valence-electron chi connectivity index (χ3n) is 8.35. The second-order valence-electron chi connectivity index (χ2n) is 15.1. The Balaban J connectivity index is 2.05. The van der Waals surface area contributed by atoms with E-state index in [2.05, 4.69) is 20.4 Å². The number of phosphoric acid groups is 1. The molecule has 2 aromatic rings. The predicted octanol–water partition coefficient (Wildman–Crippen LogP) is 6.77. The number of anilines is 1. The van der Waals surface area contributed by atoms with Crippen molar-refractivity contribution in [3.05, 3.63) is 18.1 Å². The van der Waals surface area contributed by atoms with Crippen molar-refractivity contribution in [3.63, 3.8) is 0 Å². The van der Waals surface area contributed by atoms with Gasteiger partial charge >= 0.3 is 40.0 Å². The van der Waals surface area contributed by atoms with Gasteiger partial charge in [0.2, 0.25) is 34.5 Å². The van der Waals surface area contributed by atoms with Gasteiger partial charge in [0, 0.05) is 20.6 Å². The Kier molecular flexibility index (Phi) is 20.0. The summed E-state index contributed by atoms with van der Waals surface area (Å²) >= 11 is 0. The molecule has 2 aromatic heterocycles. The van der Waals surface area contributed by atoms with Crippen molar-refractivity contribution in [1.29, 1.82) is 1.43 Å². The molecule has 0 unspecified atom stereocenters. The predicted molar refractivity (Wildman–Crippen MR) is 221 cm³/mol. The number of ether oxygens (including phenoxy) is 9. The molecule has 3 heterocycles. The van der Waals surface area contributed by atoms with Crippen LogP contribution in [0, 0.1) is 5.92 Å². The highest BCUT2D eigenvalue weighted by Gasteiger charge is 2.63.